The van der Waals surface area contributed by atoms with Gasteiger partial charge in [0.05, 0.1) is 11.8 Å². The first-order valence-electron chi connectivity index (χ1n) is 8.70. The molecule has 0 unspecified atom stereocenters. The number of hydrogen-bond acceptors (Lipinski definition) is 5. The summed E-state index contributed by atoms with van der Waals surface area (Å²) in [6.07, 6.45) is 5.88. The lowest BCUT2D eigenvalue weighted by atomic mass is 9.87. The highest BCUT2D eigenvalue weighted by molar-refractivity contribution is 5.94. The fourth-order valence-electron chi connectivity index (χ4n) is 3.26. The van der Waals surface area contributed by atoms with Crippen LogP contribution in [0.4, 0.5) is 5.82 Å². The van der Waals surface area contributed by atoms with Crippen LogP contribution >= 0.6 is 0 Å². The lowest BCUT2D eigenvalue weighted by Crippen LogP contribution is -2.51. The van der Waals surface area contributed by atoms with Crippen LogP contribution in [0.2, 0.25) is 0 Å². The second-order valence-corrected chi connectivity index (χ2v) is 6.55. The van der Waals surface area contributed by atoms with Gasteiger partial charge in [-0.1, -0.05) is 0 Å². The number of carbonyl (C=O) groups excluding carboxylic acids is 1. The molecule has 0 radical (unpaired) electrons. The van der Waals surface area contributed by atoms with Crippen molar-refractivity contribution in [2.45, 2.75) is 32.2 Å². The number of aromatic nitrogens is 3. The summed E-state index contributed by atoms with van der Waals surface area (Å²) < 4.78 is 1.58. The lowest BCUT2D eigenvalue weighted by molar-refractivity contribution is -0.149. The summed E-state index contributed by atoms with van der Waals surface area (Å²) in [7, 11) is 0. The molecule has 1 amide bonds. The van der Waals surface area contributed by atoms with Crippen LogP contribution in [0.3, 0.4) is 0 Å². The Labute approximate surface area is 151 Å². The van der Waals surface area contributed by atoms with Crippen LogP contribution in [-0.2, 0) is 10.3 Å². The molecule has 2 aromatic rings. The van der Waals surface area contributed by atoms with E-state index in [0.717, 1.165) is 11.4 Å². The molecule has 0 bridgehead atoms. The second-order valence-electron chi connectivity index (χ2n) is 6.55. The molecule has 2 aromatic heterocycles. The third kappa shape index (κ3) is 3.26. The molecule has 0 saturated carbocycles. The van der Waals surface area contributed by atoms with E-state index in [1.165, 1.54) is 0 Å². The minimum atomic E-state index is -1.02. The van der Waals surface area contributed by atoms with Crippen molar-refractivity contribution in [3.05, 3.63) is 41.9 Å². The Morgan fingerprint density at radius 2 is 2.00 bits per heavy atom. The number of hydrogen-bond donors (Lipinski definition) is 2. The van der Waals surface area contributed by atoms with Crippen molar-refractivity contribution in [3.8, 4) is 0 Å². The van der Waals surface area contributed by atoms with Gasteiger partial charge in [-0.15, -0.1) is 0 Å². The number of nitrogens with zero attached hydrogens (tertiary/aromatic N) is 4. The molecule has 1 saturated heterocycles. The minimum Gasteiger partial charge on any atom is -0.479 e. The van der Waals surface area contributed by atoms with E-state index in [1.54, 1.807) is 35.4 Å². The molecule has 26 heavy (non-hydrogen) atoms. The van der Waals surface area contributed by atoms with Crippen molar-refractivity contribution in [2.75, 3.05) is 24.5 Å². The Morgan fingerprint density at radius 1 is 1.27 bits per heavy atom. The van der Waals surface area contributed by atoms with Gasteiger partial charge in [0.15, 0.2) is 5.54 Å². The van der Waals surface area contributed by atoms with E-state index in [9.17, 15) is 14.7 Å². The number of rotatable bonds is 5. The summed E-state index contributed by atoms with van der Waals surface area (Å²) in [6, 6.07) is 3.54. The Kier molecular flexibility index (Phi) is 4.92. The molecule has 8 heteroatoms. The molecule has 1 aliphatic heterocycles. The highest BCUT2D eigenvalue weighted by Crippen LogP contribution is 2.32. The van der Waals surface area contributed by atoms with Gasteiger partial charge in [0.2, 0.25) is 0 Å². The highest BCUT2D eigenvalue weighted by Gasteiger charge is 2.44. The summed E-state index contributed by atoms with van der Waals surface area (Å²) in [5, 5.41) is 16.8. The monoisotopic (exact) mass is 357 g/mol. The maximum absolute atomic E-state index is 12.0. The first-order valence-corrected chi connectivity index (χ1v) is 8.70. The van der Waals surface area contributed by atoms with Crippen LogP contribution < -0.4 is 10.2 Å². The summed E-state index contributed by atoms with van der Waals surface area (Å²) in [5.41, 5.74) is 0.432. The number of carboxylic acids is 1. The van der Waals surface area contributed by atoms with Crippen molar-refractivity contribution in [2.24, 2.45) is 0 Å². The predicted molar refractivity (Wildman–Crippen MR) is 96.3 cm³/mol. The van der Waals surface area contributed by atoms with Gasteiger partial charge in [0.1, 0.15) is 5.82 Å². The largest absolute Gasteiger partial charge is 0.479 e. The van der Waals surface area contributed by atoms with E-state index in [-0.39, 0.29) is 5.91 Å². The number of amides is 1. The molecular formula is C18H23N5O3. The van der Waals surface area contributed by atoms with E-state index in [4.69, 9.17) is 0 Å². The maximum atomic E-state index is 12.0. The Hall–Kier alpha value is -2.90. The van der Waals surface area contributed by atoms with Crippen LogP contribution in [0.5, 0.6) is 0 Å². The number of nitrogens with one attached hydrogen (secondary N) is 1. The highest BCUT2D eigenvalue weighted by atomic mass is 16.4. The molecule has 2 N–H and O–H groups in total. The molecular weight excluding hydrogens is 334 g/mol. The molecule has 138 valence electrons. The average molecular weight is 357 g/mol. The predicted octanol–water partition coefficient (Wildman–Crippen LogP) is 1.42. The summed E-state index contributed by atoms with van der Waals surface area (Å²) in [5.74, 6) is -0.266. The van der Waals surface area contributed by atoms with E-state index < -0.39 is 11.5 Å². The molecule has 1 aliphatic rings. The Bertz CT molecular complexity index is 791. The minimum absolute atomic E-state index is 0.149. The summed E-state index contributed by atoms with van der Waals surface area (Å²) in [6.45, 7) is 5.44. The molecule has 8 nitrogen and oxygen atoms in total. The number of pyridine rings is 1. The number of aliphatic carboxylic acids is 1. The quantitative estimate of drug-likeness (QED) is 0.839. The van der Waals surface area contributed by atoms with Crippen molar-refractivity contribution < 1.29 is 14.7 Å². The molecule has 0 aliphatic carbocycles. The topological polar surface area (TPSA) is 100 Å². The third-order valence-electron chi connectivity index (χ3n) is 4.81. The van der Waals surface area contributed by atoms with E-state index in [1.807, 2.05) is 18.7 Å². The fraction of sp³-hybridized carbons (Fsp3) is 0.444. The number of anilines is 1. The van der Waals surface area contributed by atoms with Crippen LogP contribution in [0.1, 0.15) is 35.7 Å². The molecule has 0 atom stereocenters. The van der Waals surface area contributed by atoms with Crippen LogP contribution in [-0.4, -0.2) is 51.4 Å². The van der Waals surface area contributed by atoms with Crippen molar-refractivity contribution >= 4 is 17.7 Å². The van der Waals surface area contributed by atoms with Gasteiger partial charge in [-0.25, -0.2) is 9.78 Å². The van der Waals surface area contributed by atoms with Gasteiger partial charge in [-0.3, -0.25) is 9.48 Å². The van der Waals surface area contributed by atoms with Crippen molar-refractivity contribution in [3.63, 3.8) is 0 Å². The maximum Gasteiger partial charge on any atom is 0.331 e. The number of piperidine rings is 1. The van der Waals surface area contributed by atoms with Gasteiger partial charge in [0, 0.05) is 44.9 Å². The number of carbonyl (C=O) groups is 2. The summed E-state index contributed by atoms with van der Waals surface area (Å²) in [4.78, 5) is 30.2. The SMILES string of the molecule is CCNC(=O)c1ccc(N2CCC(C(=O)O)(n3cc(C)cn3)CC2)nc1. The van der Waals surface area contributed by atoms with E-state index in [2.05, 4.69) is 15.4 Å². The van der Waals surface area contributed by atoms with Gasteiger partial charge in [0.25, 0.3) is 5.91 Å². The Morgan fingerprint density at radius 3 is 2.50 bits per heavy atom. The molecule has 3 heterocycles. The normalized spacial score (nSPS) is 16.3. The van der Waals surface area contributed by atoms with Crippen molar-refractivity contribution in [1.82, 2.24) is 20.1 Å². The first-order chi connectivity index (χ1) is 12.5. The van der Waals surface area contributed by atoms with Crippen LogP contribution in [0.25, 0.3) is 0 Å². The molecule has 3 rings (SSSR count). The van der Waals surface area contributed by atoms with E-state index in [0.29, 0.717) is 38.0 Å². The summed E-state index contributed by atoms with van der Waals surface area (Å²) >= 11 is 0. The molecule has 0 aromatic carbocycles. The van der Waals surface area contributed by atoms with Gasteiger partial charge >= 0.3 is 5.97 Å². The lowest BCUT2D eigenvalue weighted by Gasteiger charge is -2.39. The fourth-order valence-corrected chi connectivity index (χ4v) is 3.26. The number of aryl methyl sites for hydroxylation is 1. The van der Waals surface area contributed by atoms with Crippen LogP contribution in [0.15, 0.2) is 30.7 Å². The first kappa shape index (κ1) is 17.9. The van der Waals surface area contributed by atoms with Gasteiger partial charge < -0.3 is 15.3 Å². The zero-order chi connectivity index (χ0) is 18.7. The average Bonchev–Trinajstić information content (AvgIpc) is 3.09. The standard InChI is InChI=1S/C18H23N5O3/c1-3-19-16(24)14-4-5-15(20-11-14)22-8-6-18(7-9-22,17(25)26)23-12-13(2)10-21-23/h4-5,10-12H,3,6-9H2,1-2H3,(H,19,24)(H,25,26). The second kappa shape index (κ2) is 7.15. The Balaban J connectivity index is 1.73. The zero-order valence-electron chi connectivity index (χ0n) is 15.0. The third-order valence-corrected chi connectivity index (χ3v) is 4.81. The molecule has 0 spiro atoms. The van der Waals surface area contributed by atoms with E-state index >= 15 is 0 Å². The van der Waals surface area contributed by atoms with Crippen molar-refractivity contribution in [1.29, 1.82) is 0 Å². The van der Waals surface area contributed by atoms with Gasteiger partial charge in [-0.05, 0) is 31.5 Å². The zero-order valence-corrected chi connectivity index (χ0v) is 15.0. The molecule has 1 fully saturated rings. The smallest absolute Gasteiger partial charge is 0.331 e. The van der Waals surface area contributed by atoms with Gasteiger partial charge in [-0.2, -0.15) is 5.10 Å². The number of carboxylic acid groups (broad SMARTS) is 1. The van der Waals surface area contributed by atoms with Crippen LogP contribution in [0, 0.1) is 6.92 Å².